The Balaban J connectivity index is 2.90. The summed E-state index contributed by atoms with van der Waals surface area (Å²) in [5.41, 5.74) is 0. The van der Waals surface area contributed by atoms with Crippen molar-refractivity contribution in [3.63, 3.8) is 0 Å². The Morgan fingerprint density at radius 3 is 2.26 bits per heavy atom. The Labute approximate surface area is 114 Å². The third kappa shape index (κ3) is 3.45. The molecule has 0 atom stereocenters. The van der Waals surface area contributed by atoms with E-state index in [1.807, 2.05) is 0 Å². The Morgan fingerprint density at radius 2 is 1.84 bits per heavy atom. The second-order valence-corrected chi connectivity index (χ2v) is 5.68. The summed E-state index contributed by atoms with van der Waals surface area (Å²) in [5.74, 6) is 2.57. The minimum Gasteiger partial charge on any atom is -0.364 e. The molecule has 1 aromatic heterocycles. The second kappa shape index (κ2) is 6.04. The summed E-state index contributed by atoms with van der Waals surface area (Å²) in [6, 6.07) is 0. The van der Waals surface area contributed by atoms with E-state index in [1.165, 1.54) is 0 Å². The van der Waals surface area contributed by atoms with Gasteiger partial charge in [0.1, 0.15) is 0 Å². The van der Waals surface area contributed by atoms with Gasteiger partial charge in [0.25, 0.3) is 0 Å². The molecule has 108 valence electrons. The summed E-state index contributed by atoms with van der Waals surface area (Å²) in [4.78, 5) is 14.5. The number of aromatic nitrogens is 2. The number of anilines is 1. The highest BCUT2D eigenvalue weighted by Crippen LogP contribution is 2.26. The summed E-state index contributed by atoms with van der Waals surface area (Å²) in [5, 5.41) is 14.2. The fourth-order valence-electron chi connectivity index (χ4n) is 2.37. The number of hydrogen-bond acceptors (Lipinski definition) is 4. The summed E-state index contributed by atoms with van der Waals surface area (Å²) >= 11 is 0. The van der Waals surface area contributed by atoms with Gasteiger partial charge in [0.05, 0.1) is 0 Å². The fraction of sp³-hybridized carbons (Fsp3) is 0.769. The number of hydrogen-bond donors (Lipinski definition) is 1. The number of aryl methyl sites for hydroxylation is 1. The van der Waals surface area contributed by atoms with Crippen molar-refractivity contribution in [2.45, 2.75) is 34.6 Å². The molecular weight excluding hydrogens is 244 g/mol. The first-order valence-corrected chi connectivity index (χ1v) is 6.67. The van der Waals surface area contributed by atoms with Crippen LogP contribution in [0.2, 0.25) is 0 Å². The van der Waals surface area contributed by atoms with Crippen molar-refractivity contribution < 1.29 is 4.92 Å². The van der Waals surface area contributed by atoms with E-state index in [-0.39, 0.29) is 5.82 Å². The van der Waals surface area contributed by atoms with Crippen LogP contribution in [0.4, 0.5) is 11.6 Å². The maximum atomic E-state index is 11.0. The van der Waals surface area contributed by atoms with Crippen molar-refractivity contribution in [2.75, 3.05) is 11.9 Å². The number of rotatable bonds is 6. The topological polar surface area (TPSA) is 73.0 Å². The summed E-state index contributed by atoms with van der Waals surface area (Å²) in [6.45, 7) is 11.2. The van der Waals surface area contributed by atoms with Gasteiger partial charge in [-0.2, -0.15) is 0 Å². The molecule has 0 fully saturated rings. The molecule has 0 aromatic carbocycles. The van der Waals surface area contributed by atoms with E-state index in [9.17, 15) is 10.1 Å². The van der Waals surface area contributed by atoms with Crippen molar-refractivity contribution in [1.29, 1.82) is 0 Å². The van der Waals surface area contributed by atoms with E-state index in [0.29, 0.717) is 29.4 Å². The molecule has 19 heavy (non-hydrogen) atoms. The normalized spacial score (nSPS) is 11.6. The van der Waals surface area contributed by atoms with E-state index in [2.05, 4.69) is 38.0 Å². The molecule has 6 nitrogen and oxygen atoms in total. The van der Waals surface area contributed by atoms with Crippen LogP contribution < -0.4 is 5.32 Å². The zero-order chi connectivity index (χ0) is 14.7. The van der Waals surface area contributed by atoms with Gasteiger partial charge in [-0.3, -0.25) is 4.57 Å². The zero-order valence-electron chi connectivity index (χ0n) is 12.6. The molecule has 1 heterocycles. The molecule has 1 rings (SSSR count). The van der Waals surface area contributed by atoms with Gasteiger partial charge in [-0.1, -0.05) is 27.7 Å². The van der Waals surface area contributed by atoms with Gasteiger partial charge in [-0.15, -0.1) is 0 Å². The zero-order valence-corrected chi connectivity index (χ0v) is 12.6. The van der Waals surface area contributed by atoms with Crippen LogP contribution in [0.25, 0.3) is 0 Å². The van der Waals surface area contributed by atoms with Crippen molar-refractivity contribution >= 4 is 11.6 Å². The van der Waals surface area contributed by atoms with Crippen LogP contribution in [0.1, 0.15) is 33.5 Å². The van der Waals surface area contributed by atoms with E-state index in [4.69, 9.17) is 0 Å². The molecule has 0 unspecified atom stereocenters. The van der Waals surface area contributed by atoms with Crippen molar-refractivity contribution in [2.24, 2.45) is 24.8 Å². The summed E-state index contributed by atoms with van der Waals surface area (Å²) < 4.78 is 1.73. The first-order chi connectivity index (χ1) is 8.75. The smallest absolute Gasteiger partial charge is 0.364 e. The minimum atomic E-state index is -0.435. The summed E-state index contributed by atoms with van der Waals surface area (Å²) in [7, 11) is 1.79. The average molecular weight is 268 g/mol. The Bertz CT molecular complexity index is 444. The molecule has 1 N–H and O–H groups in total. The molecule has 0 aliphatic rings. The first kappa shape index (κ1) is 15.5. The standard InChI is InChI=1S/C13H24N4O2/c1-8(2)11(9(3)4)7-14-12-13(17(18)19)15-10(5)16(12)6/h8-9,11,14H,7H2,1-6H3. The molecule has 0 amide bonds. The van der Waals surface area contributed by atoms with Crippen LogP contribution in [0, 0.1) is 34.8 Å². The highest BCUT2D eigenvalue weighted by molar-refractivity contribution is 5.53. The van der Waals surface area contributed by atoms with Gasteiger partial charge in [0.2, 0.25) is 11.6 Å². The lowest BCUT2D eigenvalue weighted by molar-refractivity contribution is -0.388. The average Bonchev–Trinajstić information content (AvgIpc) is 2.56. The Kier molecular flexibility index (Phi) is 4.91. The van der Waals surface area contributed by atoms with Crippen molar-refractivity contribution in [1.82, 2.24) is 9.55 Å². The molecule has 0 radical (unpaired) electrons. The van der Waals surface area contributed by atoms with Gasteiger partial charge in [0.15, 0.2) is 0 Å². The molecular formula is C13H24N4O2. The largest absolute Gasteiger partial charge is 0.406 e. The SMILES string of the molecule is Cc1nc([N+](=O)[O-])c(NCC(C(C)C)C(C)C)n1C. The highest BCUT2D eigenvalue weighted by atomic mass is 16.6. The molecule has 1 aromatic rings. The molecule has 0 aliphatic carbocycles. The van der Waals surface area contributed by atoms with Crippen molar-refractivity contribution in [3.8, 4) is 0 Å². The van der Waals surface area contributed by atoms with Crippen LogP contribution in [-0.2, 0) is 7.05 Å². The Morgan fingerprint density at radius 1 is 1.32 bits per heavy atom. The number of nitro groups is 1. The monoisotopic (exact) mass is 268 g/mol. The predicted octanol–water partition coefficient (Wildman–Crippen LogP) is 2.98. The lowest BCUT2D eigenvalue weighted by Crippen LogP contribution is -2.25. The van der Waals surface area contributed by atoms with Gasteiger partial charge < -0.3 is 15.4 Å². The third-order valence-electron chi connectivity index (χ3n) is 3.69. The predicted molar refractivity (Wildman–Crippen MR) is 76.3 cm³/mol. The fourth-order valence-corrected chi connectivity index (χ4v) is 2.37. The summed E-state index contributed by atoms with van der Waals surface area (Å²) in [6.07, 6.45) is 0. The Hall–Kier alpha value is -1.59. The molecule has 0 aliphatic heterocycles. The number of nitrogens with one attached hydrogen (secondary N) is 1. The van der Waals surface area contributed by atoms with E-state index < -0.39 is 4.92 Å². The quantitative estimate of drug-likeness (QED) is 0.636. The minimum absolute atomic E-state index is 0.0914. The van der Waals surface area contributed by atoms with Gasteiger partial charge in [-0.25, -0.2) is 0 Å². The lowest BCUT2D eigenvalue weighted by Gasteiger charge is -2.25. The van der Waals surface area contributed by atoms with Crippen LogP contribution in [-0.4, -0.2) is 21.0 Å². The number of imidazole rings is 1. The maximum Gasteiger partial charge on any atom is 0.406 e. The highest BCUT2D eigenvalue weighted by Gasteiger charge is 2.25. The van der Waals surface area contributed by atoms with Gasteiger partial charge in [-0.05, 0) is 27.7 Å². The van der Waals surface area contributed by atoms with E-state index in [1.54, 1.807) is 18.5 Å². The maximum absolute atomic E-state index is 11.0. The third-order valence-corrected chi connectivity index (χ3v) is 3.69. The van der Waals surface area contributed by atoms with Crippen LogP contribution in [0.15, 0.2) is 0 Å². The molecule has 0 saturated heterocycles. The number of nitrogens with zero attached hydrogens (tertiary/aromatic N) is 3. The first-order valence-electron chi connectivity index (χ1n) is 6.67. The van der Waals surface area contributed by atoms with Crippen LogP contribution in [0.3, 0.4) is 0 Å². The molecule has 0 bridgehead atoms. The van der Waals surface area contributed by atoms with Crippen molar-refractivity contribution in [3.05, 3.63) is 15.9 Å². The van der Waals surface area contributed by atoms with E-state index >= 15 is 0 Å². The van der Waals surface area contributed by atoms with Crippen LogP contribution >= 0.6 is 0 Å². The lowest BCUT2D eigenvalue weighted by atomic mass is 9.85. The van der Waals surface area contributed by atoms with Gasteiger partial charge in [0, 0.05) is 20.5 Å². The van der Waals surface area contributed by atoms with E-state index in [0.717, 1.165) is 6.54 Å². The molecule has 0 spiro atoms. The van der Waals surface area contributed by atoms with Gasteiger partial charge >= 0.3 is 5.82 Å². The second-order valence-electron chi connectivity index (χ2n) is 5.68. The molecule has 6 heteroatoms. The molecule has 0 saturated carbocycles. The van der Waals surface area contributed by atoms with Crippen LogP contribution in [0.5, 0.6) is 0 Å².